The van der Waals surface area contributed by atoms with Gasteiger partial charge in [0.25, 0.3) is 0 Å². The third-order valence-corrected chi connectivity index (χ3v) is 3.90. The Bertz CT molecular complexity index is 253. The van der Waals surface area contributed by atoms with Crippen LogP contribution in [0.25, 0.3) is 0 Å². The van der Waals surface area contributed by atoms with Crippen LogP contribution in [-0.4, -0.2) is 62.7 Å². The molecule has 1 unspecified atom stereocenters. The first-order valence-corrected chi connectivity index (χ1v) is 7.50. The molecule has 0 saturated heterocycles. The van der Waals surface area contributed by atoms with Gasteiger partial charge < -0.3 is 15.1 Å². The van der Waals surface area contributed by atoms with Crippen LogP contribution in [0.2, 0.25) is 0 Å². The van der Waals surface area contributed by atoms with E-state index in [0.29, 0.717) is 0 Å². The Labute approximate surface area is 119 Å². The first-order chi connectivity index (χ1) is 9.03. The third kappa shape index (κ3) is 7.51. The summed E-state index contributed by atoms with van der Waals surface area (Å²) in [5, 5.41) is 12.4. The number of nitrogens with zero attached hydrogens (tertiary/aromatic N) is 3. The number of rotatable bonds is 11. The van der Waals surface area contributed by atoms with E-state index >= 15 is 0 Å². The molecular formula is C15H32N4. The van der Waals surface area contributed by atoms with Gasteiger partial charge in [0, 0.05) is 0 Å². The summed E-state index contributed by atoms with van der Waals surface area (Å²) in [6, 6.07) is 2.43. The third-order valence-electron chi connectivity index (χ3n) is 3.90. The molecule has 0 bridgehead atoms. The molecule has 0 heterocycles. The highest BCUT2D eigenvalue weighted by Crippen LogP contribution is 2.16. The first kappa shape index (κ1) is 18.4. The average molecular weight is 268 g/mol. The lowest BCUT2D eigenvalue weighted by atomic mass is 9.92. The highest BCUT2D eigenvalue weighted by molar-refractivity contribution is 5.05. The van der Waals surface area contributed by atoms with E-state index in [1.807, 2.05) is 7.05 Å². The zero-order valence-electron chi connectivity index (χ0n) is 13.5. The molecule has 0 aliphatic rings. The van der Waals surface area contributed by atoms with E-state index in [0.717, 1.165) is 45.4 Å². The van der Waals surface area contributed by atoms with E-state index in [-0.39, 0.29) is 5.54 Å². The van der Waals surface area contributed by atoms with Crippen LogP contribution in [0.4, 0.5) is 0 Å². The summed E-state index contributed by atoms with van der Waals surface area (Å²) >= 11 is 0. The van der Waals surface area contributed by atoms with Crippen molar-refractivity contribution in [2.75, 3.05) is 47.3 Å². The molecule has 0 amide bonds. The van der Waals surface area contributed by atoms with Crippen molar-refractivity contribution < 1.29 is 0 Å². The molecule has 0 saturated carbocycles. The number of nitriles is 1. The van der Waals surface area contributed by atoms with Gasteiger partial charge in [0.05, 0.1) is 6.07 Å². The molecular weight excluding hydrogens is 236 g/mol. The Kier molecular flexibility index (Phi) is 9.85. The van der Waals surface area contributed by atoms with Crippen LogP contribution in [0.5, 0.6) is 0 Å². The molecule has 0 aromatic rings. The normalized spacial score (nSPS) is 14.6. The van der Waals surface area contributed by atoms with Crippen LogP contribution in [0.15, 0.2) is 0 Å². The second-order valence-electron chi connectivity index (χ2n) is 5.49. The van der Waals surface area contributed by atoms with Gasteiger partial charge in [0.1, 0.15) is 5.54 Å². The minimum Gasteiger partial charge on any atom is -0.309 e. The molecule has 4 nitrogen and oxygen atoms in total. The van der Waals surface area contributed by atoms with Crippen molar-refractivity contribution in [2.24, 2.45) is 0 Å². The summed E-state index contributed by atoms with van der Waals surface area (Å²) < 4.78 is 0. The standard InChI is InChI=1S/C15H32N4/c1-6-15(14-16,17-3)10-8-12-19(7-2)13-9-11-18(4)5/h17H,6-13H2,1-5H3. The summed E-state index contributed by atoms with van der Waals surface area (Å²) in [4.78, 5) is 4.71. The first-order valence-electron chi connectivity index (χ1n) is 7.50. The molecule has 0 rings (SSSR count). The highest BCUT2D eigenvalue weighted by Gasteiger charge is 2.24. The van der Waals surface area contributed by atoms with Gasteiger partial charge in [-0.05, 0) is 73.0 Å². The Morgan fingerprint density at radius 1 is 1.11 bits per heavy atom. The van der Waals surface area contributed by atoms with Crippen LogP contribution >= 0.6 is 0 Å². The smallest absolute Gasteiger partial charge is 0.106 e. The van der Waals surface area contributed by atoms with Crippen molar-refractivity contribution in [1.82, 2.24) is 15.1 Å². The van der Waals surface area contributed by atoms with Gasteiger partial charge in [-0.15, -0.1) is 0 Å². The number of hydrogen-bond acceptors (Lipinski definition) is 4. The maximum absolute atomic E-state index is 9.27. The second-order valence-corrected chi connectivity index (χ2v) is 5.49. The molecule has 0 spiro atoms. The summed E-state index contributed by atoms with van der Waals surface area (Å²) in [7, 11) is 6.12. The van der Waals surface area contributed by atoms with Gasteiger partial charge in [-0.2, -0.15) is 5.26 Å². The van der Waals surface area contributed by atoms with E-state index in [9.17, 15) is 5.26 Å². The molecule has 0 aromatic carbocycles. The quantitative estimate of drug-likeness (QED) is 0.622. The SMILES string of the molecule is CCN(CCCN(C)C)CCCC(C#N)(CC)NC. The molecule has 4 heteroatoms. The van der Waals surface area contributed by atoms with E-state index in [2.05, 4.69) is 49.1 Å². The molecule has 0 fully saturated rings. The predicted octanol–water partition coefficient (Wildman–Crippen LogP) is 1.93. The maximum Gasteiger partial charge on any atom is 0.106 e. The minimum atomic E-state index is -0.330. The van der Waals surface area contributed by atoms with E-state index < -0.39 is 0 Å². The fraction of sp³-hybridized carbons (Fsp3) is 0.933. The van der Waals surface area contributed by atoms with Gasteiger partial charge in [0.15, 0.2) is 0 Å². The van der Waals surface area contributed by atoms with Gasteiger partial charge in [-0.25, -0.2) is 0 Å². The van der Waals surface area contributed by atoms with Crippen molar-refractivity contribution >= 4 is 0 Å². The fourth-order valence-corrected chi connectivity index (χ4v) is 2.31. The highest BCUT2D eigenvalue weighted by atomic mass is 15.1. The lowest BCUT2D eigenvalue weighted by molar-refractivity contribution is 0.250. The Balaban J connectivity index is 3.98. The Morgan fingerprint density at radius 2 is 1.74 bits per heavy atom. The lowest BCUT2D eigenvalue weighted by Gasteiger charge is -2.27. The summed E-state index contributed by atoms with van der Waals surface area (Å²) in [5.74, 6) is 0. The van der Waals surface area contributed by atoms with Crippen LogP contribution in [0.3, 0.4) is 0 Å². The monoisotopic (exact) mass is 268 g/mol. The molecule has 0 aliphatic carbocycles. The minimum absolute atomic E-state index is 0.330. The van der Waals surface area contributed by atoms with E-state index in [1.54, 1.807) is 0 Å². The van der Waals surface area contributed by atoms with Crippen molar-refractivity contribution in [3.8, 4) is 6.07 Å². The topological polar surface area (TPSA) is 42.3 Å². The molecule has 19 heavy (non-hydrogen) atoms. The zero-order valence-corrected chi connectivity index (χ0v) is 13.5. The summed E-state index contributed by atoms with van der Waals surface area (Å²) in [5.41, 5.74) is -0.330. The van der Waals surface area contributed by atoms with E-state index in [4.69, 9.17) is 0 Å². The van der Waals surface area contributed by atoms with Crippen molar-refractivity contribution in [3.05, 3.63) is 0 Å². The lowest BCUT2D eigenvalue weighted by Crippen LogP contribution is -2.41. The second kappa shape index (κ2) is 10.2. The van der Waals surface area contributed by atoms with Gasteiger partial charge >= 0.3 is 0 Å². The fourth-order valence-electron chi connectivity index (χ4n) is 2.31. The van der Waals surface area contributed by atoms with E-state index in [1.165, 1.54) is 6.42 Å². The molecule has 0 aliphatic heterocycles. The molecule has 0 radical (unpaired) electrons. The molecule has 112 valence electrons. The summed E-state index contributed by atoms with van der Waals surface area (Å²) in [6.07, 6.45) is 4.09. The van der Waals surface area contributed by atoms with Gasteiger partial charge in [-0.3, -0.25) is 0 Å². The average Bonchev–Trinajstić information content (AvgIpc) is 2.42. The largest absolute Gasteiger partial charge is 0.309 e. The molecule has 1 N–H and O–H groups in total. The maximum atomic E-state index is 9.27. The number of hydrogen-bond donors (Lipinski definition) is 1. The number of nitrogens with one attached hydrogen (secondary N) is 1. The molecule has 1 atom stereocenters. The van der Waals surface area contributed by atoms with Crippen LogP contribution in [0.1, 0.15) is 39.5 Å². The van der Waals surface area contributed by atoms with Crippen molar-refractivity contribution in [2.45, 2.75) is 45.1 Å². The van der Waals surface area contributed by atoms with Crippen molar-refractivity contribution in [1.29, 1.82) is 5.26 Å². The van der Waals surface area contributed by atoms with Crippen LogP contribution in [-0.2, 0) is 0 Å². The zero-order chi connectivity index (χ0) is 14.7. The predicted molar refractivity (Wildman–Crippen MR) is 82.2 cm³/mol. The Hall–Kier alpha value is -0.630. The van der Waals surface area contributed by atoms with Crippen LogP contribution in [0, 0.1) is 11.3 Å². The van der Waals surface area contributed by atoms with Gasteiger partial charge in [0.2, 0.25) is 0 Å². The van der Waals surface area contributed by atoms with Gasteiger partial charge in [-0.1, -0.05) is 13.8 Å². The van der Waals surface area contributed by atoms with Crippen molar-refractivity contribution in [3.63, 3.8) is 0 Å². The van der Waals surface area contributed by atoms with Crippen LogP contribution < -0.4 is 5.32 Å². The molecule has 0 aromatic heterocycles. The summed E-state index contributed by atoms with van der Waals surface area (Å²) in [6.45, 7) is 8.78. The Morgan fingerprint density at radius 3 is 2.16 bits per heavy atom.